The summed E-state index contributed by atoms with van der Waals surface area (Å²) in [6.45, 7) is 6.80. The molecule has 0 aromatic carbocycles. The van der Waals surface area contributed by atoms with E-state index in [0.717, 1.165) is 82.6 Å². The molecule has 160 valence electrons. The lowest BCUT2D eigenvalue weighted by atomic mass is 10.2. The highest BCUT2D eigenvalue weighted by molar-refractivity contribution is 14.0. The number of hydrogen-bond donors (Lipinski definition) is 2. The average Bonchev–Trinajstić information content (AvgIpc) is 3.23. The van der Waals surface area contributed by atoms with Crippen molar-refractivity contribution in [1.29, 1.82) is 0 Å². The van der Waals surface area contributed by atoms with E-state index in [1.807, 2.05) is 30.5 Å². The van der Waals surface area contributed by atoms with E-state index in [0.29, 0.717) is 5.15 Å². The largest absolute Gasteiger partial charge is 0.469 e. The molecule has 0 amide bonds. The Morgan fingerprint density at radius 2 is 1.93 bits per heavy atom. The van der Waals surface area contributed by atoms with E-state index < -0.39 is 0 Å². The molecule has 7 nitrogen and oxygen atoms in total. The van der Waals surface area contributed by atoms with E-state index in [9.17, 15) is 0 Å². The Morgan fingerprint density at radius 1 is 1.14 bits per heavy atom. The molecule has 0 bridgehead atoms. The minimum atomic E-state index is 0. The number of nitrogens with zero attached hydrogens (tertiary/aromatic N) is 3. The zero-order chi connectivity index (χ0) is 19.4. The van der Waals surface area contributed by atoms with Gasteiger partial charge in [0.05, 0.1) is 26.0 Å². The second-order valence-corrected chi connectivity index (χ2v) is 6.99. The lowest BCUT2D eigenvalue weighted by Gasteiger charge is -2.25. The zero-order valence-corrected chi connectivity index (χ0v) is 19.6. The molecule has 3 rings (SSSR count). The number of ether oxygens (including phenoxy) is 1. The highest BCUT2D eigenvalue weighted by atomic mass is 127. The fourth-order valence-electron chi connectivity index (χ4n) is 2.94. The van der Waals surface area contributed by atoms with E-state index in [-0.39, 0.29) is 24.0 Å². The Morgan fingerprint density at radius 3 is 2.62 bits per heavy atom. The maximum absolute atomic E-state index is 5.84. The van der Waals surface area contributed by atoms with Crippen LogP contribution in [-0.2, 0) is 17.6 Å². The molecular formula is C20H29ClIN5O2. The third-order valence-electron chi connectivity index (χ3n) is 4.53. The highest BCUT2D eigenvalue weighted by Gasteiger charge is 2.09. The number of furan rings is 1. The van der Waals surface area contributed by atoms with Gasteiger partial charge in [-0.25, -0.2) is 4.98 Å². The van der Waals surface area contributed by atoms with Crippen molar-refractivity contribution >= 4 is 41.5 Å². The molecule has 0 radical (unpaired) electrons. The van der Waals surface area contributed by atoms with Crippen LogP contribution in [0.15, 0.2) is 46.1 Å². The number of morpholine rings is 1. The van der Waals surface area contributed by atoms with E-state index in [1.165, 1.54) is 0 Å². The molecule has 0 spiro atoms. The van der Waals surface area contributed by atoms with Crippen molar-refractivity contribution in [2.75, 3.05) is 52.5 Å². The monoisotopic (exact) mass is 533 g/mol. The smallest absolute Gasteiger partial charge is 0.191 e. The standard InChI is InChI=1S/C20H28ClN5O2.HI/c21-19-4-3-17(16-25-19)5-7-22-20(23-8-6-18-2-1-13-28-18)24-9-10-26-11-14-27-15-12-26;/h1-4,13,16H,5-12,14-15H2,(H2,22,23,24);1H. The molecule has 1 aliphatic rings. The van der Waals surface area contributed by atoms with Crippen LogP contribution in [0, 0.1) is 0 Å². The fourth-order valence-corrected chi connectivity index (χ4v) is 3.05. The van der Waals surface area contributed by atoms with Crippen LogP contribution in [0.5, 0.6) is 0 Å². The average molecular weight is 534 g/mol. The lowest BCUT2D eigenvalue weighted by molar-refractivity contribution is 0.0394. The van der Waals surface area contributed by atoms with Crippen molar-refractivity contribution < 1.29 is 9.15 Å². The summed E-state index contributed by atoms with van der Waals surface area (Å²) < 4.78 is 10.8. The second-order valence-electron chi connectivity index (χ2n) is 6.61. The third kappa shape index (κ3) is 9.33. The topological polar surface area (TPSA) is 74.9 Å². The lowest BCUT2D eigenvalue weighted by Crippen LogP contribution is -2.41. The van der Waals surface area contributed by atoms with E-state index in [4.69, 9.17) is 25.7 Å². The molecule has 2 N–H and O–H groups in total. The molecule has 0 aliphatic carbocycles. The summed E-state index contributed by atoms with van der Waals surface area (Å²) in [6.07, 6.45) is 5.18. The van der Waals surface area contributed by atoms with Gasteiger partial charge in [0.1, 0.15) is 10.9 Å². The summed E-state index contributed by atoms with van der Waals surface area (Å²) in [6, 6.07) is 7.70. The first-order valence-corrected chi connectivity index (χ1v) is 10.1. The summed E-state index contributed by atoms with van der Waals surface area (Å²) in [5.74, 6) is 1.79. The van der Waals surface area contributed by atoms with E-state index in [1.54, 1.807) is 6.26 Å². The molecule has 9 heteroatoms. The van der Waals surface area contributed by atoms with Crippen LogP contribution in [-0.4, -0.2) is 68.3 Å². The van der Waals surface area contributed by atoms with Crippen molar-refractivity contribution in [3.63, 3.8) is 0 Å². The molecule has 1 saturated heterocycles. The van der Waals surface area contributed by atoms with Gasteiger partial charge in [0, 0.05) is 45.3 Å². The Kier molecular flexibility index (Phi) is 11.4. The van der Waals surface area contributed by atoms with Gasteiger partial charge in [-0.1, -0.05) is 17.7 Å². The van der Waals surface area contributed by atoms with Gasteiger partial charge >= 0.3 is 0 Å². The molecule has 0 saturated carbocycles. The maximum Gasteiger partial charge on any atom is 0.191 e. The molecule has 29 heavy (non-hydrogen) atoms. The van der Waals surface area contributed by atoms with E-state index >= 15 is 0 Å². The van der Waals surface area contributed by atoms with Gasteiger partial charge in [-0.2, -0.15) is 0 Å². The van der Waals surface area contributed by atoms with Crippen LogP contribution in [0.4, 0.5) is 0 Å². The Labute approximate surface area is 194 Å². The number of rotatable bonds is 9. The molecule has 0 unspecified atom stereocenters. The van der Waals surface area contributed by atoms with Crippen molar-refractivity contribution in [2.24, 2.45) is 4.99 Å². The molecule has 3 heterocycles. The number of aliphatic imine (C=N–C) groups is 1. The third-order valence-corrected chi connectivity index (χ3v) is 4.75. The maximum atomic E-state index is 5.84. The van der Waals surface area contributed by atoms with Gasteiger partial charge in [0.25, 0.3) is 0 Å². The van der Waals surface area contributed by atoms with Crippen molar-refractivity contribution in [1.82, 2.24) is 20.5 Å². The van der Waals surface area contributed by atoms with Crippen LogP contribution in [0.1, 0.15) is 11.3 Å². The summed E-state index contributed by atoms with van der Waals surface area (Å²) in [4.78, 5) is 11.2. The number of nitrogens with one attached hydrogen (secondary N) is 2. The SMILES string of the molecule is Clc1ccc(CCNC(=NCCN2CCOCC2)NCCc2ccco2)cn1.I. The van der Waals surface area contributed by atoms with Gasteiger partial charge in [-0.15, -0.1) is 24.0 Å². The van der Waals surface area contributed by atoms with E-state index in [2.05, 4.69) is 20.5 Å². The Hall–Kier alpha value is -1.36. The van der Waals surface area contributed by atoms with Crippen LogP contribution in [0.2, 0.25) is 5.15 Å². The molecule has 1 aliphatic heterocycles. The molecular weight excluding hydrogens is 505 g/mol. The first kappa shape index (κ1) is 23.9. The van der Waals surface area contributed by atoms with Crippen molar-refractivity contribution in [2.45, 2.75) is 12.8 Å². The summed E-state index contributed by atoms with van der Waals surface area (Å²) in [7, 11) is 0. The predicted octanol–water partition coefficient (Wildman–Crippen LogP) is 2.60. The van der Waals surface area contributed by atoms with Crippen LogP contribution in [0.25, 0.3) is 0 Å². The quantitative estimate of drug-likeness (QED) is 0.223. The summed E-state index contributed by atoms with van der Waals surface area (Å²) >= 11 is 5.84. The first-order valence-electron chi connectivity index (χ1n) is 9.75. The van der Waals surface area contributed by atoms with Crippen LogP contribution >= 0.6 is 35.6 Å². The normalized spacial score (nSPS) is 15.0. The number of guanidine groups is 1. The first-order chi connectivity index (χ1) is 13.8. The minimum Gasteiger partial charge on any atom is -0.469 e. The van der Waals surface area contributed by atoms with Gasteiger partial charge < -0.3 is 19.8 Å². The molecule has 2 aromatic rings. The minimum absolute atomic E-state index is 0. The highest BCUT2D eigenvalue weighted by Crippen LogP contribution is 2.05. The predicted molar refractivity (Wildman–Crippen MR) is 126 cm³/mol. The van der Waals surface area contributed by atoms with Crippen molar-refractivity contribution in [3.05, 3.63) is 53.2 Å². The second kappa shape index (κ2) is 13.8. The number of aromatic nitrogens is 1. The fraction of sp³-hybridized carbons (Fsp3) is 0.500. The number of hydrogen-bond acceptors (Lipinski definition) is 5. The van der Waals surface area contributed by atoms with Crippen LogP contribution < -0.4 is 10.6 Å². The number of pyridine rings is 1. The van der Waals surface area contributed by atoms with Gasteiger partial charge in [-0.05, 0) is 30.2 Å². The van der Waals surface area contributed by atoms with Gasteiger partial charge in [0.15, 0.2) is 5.96 Å². The van der Waals surface area contributed by atoms with Crippen molar-refractivity contribution in [3.8, 4) is 0 Å². The summed E-state index contributed by atoms with van der Waals surface area (Å²) in [5, 5.41) is 7.31. The number of halogens is 2. The molecule has 0 atom stereocenters. The molecule has 1 fully saturated rings. The van der Waals surface area contributed by atoms with Crippen LogP contribution in [0.3, 0.4) is 0 Å². The Balaban J connectivity index is 0.00000300. The zero-order valence-electron chi connectivity index (χ0n) is 16.5. The Bertz CT molecular complexity index is 706. The van der Waals surface area contributed by atoms with Gasteiger partial charge in [-0.3, -0.25) is 9.89 Å². The van der Waals surface area contributed by atoms with Gasteiger partial charge in [0.2, 0.25) is 0 Å². The summed E-state index contributed by atoms with van der Waals surface area (Å²) in [5.41, 5.74) is 1.14. The molecule has 2 aromatic heterocycles.